The van der Waals surface area contributed by atoms with Crippen molar-refractivity contribution >= 4 is 16.7 Å². The summed E-state index contributed by atoms with van der Waals surface area (Å²) in [5.74, 6) is 0.0886. The lowest BCUT2D eigenvalue weighted by Gasteiger charge is -2.17. The van der Waals surface area contributed by atoms with Crippen LogP contribution in [0.15, 0.2) is 47.4 Å². The Kier molecular flexibility index (Phi) is 7.59. The third-order valence-electron chi connectivity index (χ3n) is 3.69. The van der Waals surface area contributed by atoms with E-state index in [0.29, 0.717) is 18.8 Å². The molecule has 6 nitrogen and oxygen atoms in total. The average Bonchev–Trinajstić information content (AvgIpc) is 2.61. The highest BCUT2D eigenvalue weighted by Crippen LogP contribution is 2.07. The molecule has 140 valence electrons. The summed E-state index contributed by atoms with van der Waals surface area (Å²) in [6.45, 7) is 2.89. The van der Waals surface area contributed by atoms with Gasteiger partial charge in [-0.3, -0.25) is 13.8 Å². The number of H-pyrrole nitrogens is 1. The van der Waals surface area contributed by atoms with Crippen molar-refractivity contribution in [2.45, 2.75) is 25.6 Å². The molecular weight excluding hydrogens is 352 g/mol. The predicted octanol–water partition coefficient (Wildman–Crippen LogP) is 2.07. The summed E-state index contributed by atoms with van der Waals surface area (Å²) in [6, 6.07) is 11.0. The van der Waals surface area contributed by atoms with Crippen LogP contribution in [0.3, 0.4) is 0 Å². The SMILES string of the molecule is CCCOc1c[nH]c(CS(=O)CC(=O)N(C)Cc2ccccc2)cc1=O. The highest BCUT2D eigenvalue weighted by molar-refractivity contribution is 7.84. The van der Waals surface area contributed by atoms with Gasteiger partial charge in [-0.1, -0.05) is 37.3 Å². The van der Waals surface area contributed by atoms with Crippen molar-refractivity contribution in [1.82, 2.24) is 9.88 Å². The first-order valence-electron chi connectivity index (χ1n) is 8.47. The van der Waals surface area contributed by atoms with E-state index in [0.717, 1.165) is 12.0 Å². The first-order chi connectivity index (χ1) is 12.5. The van der Waals surface area contributed by atoms with E-state index in [1.807, 2.05) is 37.3 Å². The van der Waals surface area contributed by atoms with E-state index in [2.05, 4.69) is 4.98 Å². The Bertz CT molecular complexity index is 805. The molecule has 1 amide bonds. The number of benzene rings is 1. The Morgan fingerprint density at radius 1 is 1.27 bits per heavy atom. The van der Waals surface area contributed by atoms with Crippen LogP contribution in [0.2, 0.25) is 0 Å². The van der Waals surface area contributed by atoms with Crippen molar-refractivity contribution in [3.63, 3.8) is 0 Å². The van der Waals surface area contributed by atoms with Gasteiger partial charge in [0.25, 0.3) is 0 Å². The standard InChI is InChI=1S/C19H24N2O4S/c1-3-9-25-18-11-20-16(10-17(18)22)13-26(24)14-19(23)21(2)12-15-7-5-4-6-8-15/h4-8,10-11H,3,9,12-14H2,1-2H3,(H,20,22). The molecular formula is C19H24N2O4S. The number of hydrogen-bond acceptors (Lipinski definition) is 4. The fourth-order valence-electron chi connectivity index (χ4n) is 2.33. The molecule has 1 aromatic carbocycles. The van der Waals surface area contributed by atoms with E-state index in [9.17, 15) is 13.8 Å². The second kappa shape index (κ2) is 9.91. The fraction of sp³-hybridized carbons (Fsp3) is 0.368. The first-order valence-corrected chi connectivity index (χ1v) is 9.95. The van der Waals surface area contributed by atoms with E-state index in [1.54, 1.807) is 11.9 Å². The highest BCUT2D eigenvalue weighted by Gasteiger charge is 2.14. The first kappa shape index (κ1) is 19.9. The second-order valence-corrected chi connectivity index (χ2v) is 7.46. The largest absolute Gasteiger partial charge is 0.488 e. The third kappa shape index (κ3) is 6.15. The Balaban J connectivity index is 1.88. The van der Waals surface area contributed by atoms with Gasteiger partial charge in [-0.15, -0.1) is 0 Å². The van der Waals surface area contributed by atoms with E-state index in [-0.39, 0.29) is 28.6 Å². The molecule has 2 rings (SSSR count). The third-order valence-corrected chi connectivity index (χ3v) is 4.89. The molecule has 1 unspecified atom stereocenters. The van der Waals surface area contributed by atoms with Crippen LogP contribution in [0.1, 0.15) is 24.6 Å². The fourth-order valence-corrected chi connectivity index (χ4v) is 3.44. The zero-order chi connectivity index (χ0) is 18.9. The number of carbonyl (C=O) groups excluding carboxylic acids is 1. The van der Waals surface area contributed by atoms with Crippen LogP contribution in [0.5, 0.6) is 5.75 Å². The number of aromatic amines is 1. The van der Waals surface area contributed by atoms with E-state index >= 15 is 0 Å². The number of pyridine rings is 1. The number of ether oxygens (including phenoxy) is 1. The molecule has 0 saturated carbocycles. The maximum absolute atomic E-state index is 12.3. The van der Waals surface area contributed by atoms with Crippen molar-refractivity contribution in [3.05, 3.63) is 64.1 Å². The van der Waals surface area contributed by atoms with Gasteiger partial charge in [-0.2, -0.15) is 0 Å². The molecule has 7 heteroatoms. The average molecular weight is 376 g/mol. The molecule has 0 aliphatic heterocycles. The Morgan fingerprint density at radius 3 is 2.65 bits per heavy atom. The van der Waals surface area contributed by atoms with Crippen LogP contribution < -0.4 is 10.2 Å². The van der Waals surface area contributed by atoms with Crippen LogP contribution in [0, 0.1) is 0 Å². The minimum absolute atomic E-state index is 0.0839. The van der Waals surface area contributed by atoms with Gasteiger partial charge in [0.05, 0.1) is 12.4 Å². The van der Waals surface area contributed by atoms with Crippen molar-refractivity contribution in [2.75, 3.05) is 19.4 Å². The van der Waals surface area contributed by atoms with Crippen molar-refractivity contribution in [1.29, 1.82) is 0 Å². The second-order valence-electron chi connectivity index (χ2n) is 6.00. The lowest BCUT2D eigenvalue weighted by atomic mass is 10.2. The summed E-state index contributed by atoms with van der Waals surface area (Å²) >= 11 is 0. The maximum atomic E-state index is 12.3. The number of rotatable bonds is 9. The van der Waals surface area contributed by atoms with Gasteiger partial charge in [0.1, 0.15) is 5.75 Å². The van der Waals surface area contributed by atoms with Gasteiger partial charge in [-0.25, -0.2) is 0 Å². The number of nitrogens with one attached hydrogen (secondary N) is 1. The molecule has 0 aliphatic rings. The zero-order valence-electron chi connectivity index (χ0n) is 15.1. The molecule has 0 aliphatic carbocycles. The predicted molar refractivity (Wildman–Crippen MR) is 102 cm³/mol. The smallest absolute Gasteiger partial charge is 0.235 e. The van der Waals surface area contributed by atoms with Crippen LogP contribution in [0.4, 0.5) is 0 Å². The van der Waals surface area contributed by atoms with Gasteiger partial charge < -0.3 is 14.6 Å². The molecule has 0 saturated heterocycles. The molecule has 1 N–H and O–H groups in total. The summed E-state index contributed by atoms with van der Waals surface area (Å²) in [5.41, 5.74) is 1.29. The number of nitrogens with zero attached hydrogens (tertiary/aromatic N) is 1. The van der Waals surface area contributed by atoms with E-state index in [4.69, 9.17) is 4.74 Å². The summed E-state index contributed by atoms with van der Waals surface area (Å²) in [4.78, 5) is 28.6. The monoisotopic (exact) mass is 376 g/mol. The number of hydrogen-bond donors (Lipinski definition) is 1. The lowest BCUT2D eigenvalue weighted by Crippen LogP contribution is -2.30. The summed E-state index contributed by atoms with van der Waals surface area (Å²) in [5, 5.41) is 0. The van der Waals surface area contributed by atoms with Gasteiger partial charge in [0, 0.05) is 42.3 Å². The molecule has 0 radical (unpaired) electrons. The Morgan fingerprint density at radius 2 is 2.00 bits per heavy atom. The molecule has 0 fully saturated rings. The molecule has 0 spiro atoms. The highest BCUT2D eigenvalue weighted by atomic mass is 32.2. The van der Waals surface area contributed by atoms with Crippen molar-refractivity contribution in [2.24, 2.45) is 0 Å². The molecule has 26 heavy (non-hydrogen) atoms. The van der Waals surface area contributed by atoms with Crippen LogP contribution in [-0.2, 0) is 27.9 Å². The van der Waals surface area contributed by atoms with Gasteiger partial charge in [-0.05, 0) is 12.0 Å². The topological polar surface area (TPSA) is 79.5 Å². The van der Waals surface area contributed by atoms with E-state index < -0.39 is 10.8 Å². The van der Waals surface area contributed by atoms with Gasteiger partial charge >= 0.3 is 0 Å². The number of amides is 1. The summed E-state index contributed by atoms with van der Waals surface area (Å²) in [7, 11) is 0.287. The van der Waals surface area contributed by atoms with Crippen molar-refractivity contribution in [3.8, 4) is 5.75 Å². The summed E-state index contributed by atoms with van der Waals surface area (Å²) in [6.07, 6.45) is 2.29. The van der Waals surface area contributed by atoms with Gasteiger partial charge in [0.2, 0.25) is 11.3 Å². The van der Waals surface area contributed by atoms with Crippen LogP contribution in [0.25, 0.3) is 0 Å². The minimum Gasteiger partial charge on any atom is -0.488 e. The number of aromatic nitrogens is 1. The molecule has 2 aromatic rings. The molecule has 1 aromatic heterocycles. The molecule has 0 bridgehead atoms. The lowest BCUT2D eigenvalue weighted by molar-refractivity contribution is -0.127. The normalized spacial score (nSPS) is 11.8. The van der Waals surface area contributed by atoms with Crippen LogP contribution in [-0.4, -0.2) is 39.4 Å². The Hall–Kier alpha value is -2.41. The van der Waals surface area contributed by atoms with E-state index in [1.165, 1.54) is 12.3 Å². The number of carbonyl (C=O) groups is 1. The zero-order valence-corrected chi connectivity index (χ0v) is 15.9. The minimum atomic E-state index is -1.40. The molecule has 1 heterocycles. The van der Waals surface area contributed by atoms with Gasteiger partial charge in [0.15, 0.2) is 5.75 Å². The van der Waals surface area contributed by atoms with Crippen LogP contribution >= 0.6 is 0 Å². The maximum Gasteiger partial charge on any atom is 0.235 e. The quantitative estimate of drug-likeness (QED) is 0.727. The van der Waals surface area contributed by atoms with Crippen molar-refractivity contribution < 1.29 is 13.7 Å². The Labute approximate surface area is 155 Å². The summed E-state index contributed by atoms with van der Waals surface area (Å²) < 4.78 is 17.6. The molecule has 1 atom stereocenters.